The van der Waals surface area contributed by atoms with E-state index in [1.807, 2.05) is 36.7 Å². The van der Waals surface area contributed by atoms with Crippen LogP contribution in [0.25, 0.3) is 11.8 Å². The van der Waals surface area contributed by atoms with E-state index in [1.165, 1.54) is 6.07 Å². The number of benzene rings is 2. The van der Waals surface area contributed by atoms with Crippen molar-refractivity contribution in [1.29, 1.82) is 0 Å². The number of aryl methyl sites for hydroxylation is 1. The van der Waals surface area contributed by atoms with Crippen molar-refractivity contribution in [2.24, 2.45) is 5.16 Å². The van der Waals surface area contributed by atoms with Crippen LogP contribution in [0.15, 0.2) is 59.7 Å². The van der Waals surface area contributed by atoms with Gasteiger partial charge in [-0.25, -0.2) is 9.37 Å². The standard InChI is InChI=1S/C25H24ClFN4O2/c1-16-14-30(15-28-16)22-9-6-17(12-23(22)32-3)11-18-5-4-10-31-24(18)29-33-25(31,2)19-7-8-21(27)20(26)13-19/h6-9,11-15H,4-5,10H2,1-3H3. The Balaban J connectivity index is 1.46. The highest BCUT2D eigenvalue weighted by Crippen LogP contribution is 2.41. The van der Waals surface area contributed by atoms with Gasteiger partial charge in [0.25, 0.3) is 0 Å². The average Bonchev–Trinajstić information content (AvgIpc) is 3.40. The van der Waals surface area contributed by atoms with E-state index in [4.69, 9.17) is 21.2 Å². The maximum Gasteiger partial charge on any atom is 0.234 e. The van der Waals surface area contributed by atoms with Crippen molar-refractivity contribution in [2.45, 2.75) is 32.4 Å². The number of halogens is 2. The molecule has 5 rings (SSSR count). The van der Waals surface area contributed by atoms with E-state index in [0.29, 0.717) is 0 Å². The third kappa shape index (κ3) is 3.76. The number of oxime groups is 1. The number of ether oxygens (including phenoxy) is 1. The summed E-state index contributed by atoms with van der Waals surface area (Å²) in [5.41, 5.74) is 3.86. The molecule has 6 nitrogen and oxygen atoms in total. The number of hydrogen-bond donors (Lipinski definition) is 0. The van der Waals surface area contributed by atoms with E-state index in [-0.39, 0.29) is 5.02 Å². The predicted molar refractivity (Wildman–Crippen MR) is 126 cm³/mol. The van der Waals surface area contributed by atoms with Crippen molar-refractivity contribution in [1.82, 2.24) is 14.5 Å². The van der Waals surface area contributed by atoms with Crippen LogP contribution in [0, 0.1) is 12.7 Å². The first-order valence-electron chi connectivity index (χ1n) is 10.8. The highest BCUT2D eigenvalue weighted by atomic mass is 35.5. The molecule has 8 heteroatoms. The van der Waals surface area contributed by atoms with Gasteiger partial charge >= 0.3 is 0 Å². The number of hydrogen-bond acceptors (Lipinski definition) is 5. The Morgan fingerprint density at radius 2 is 2.09 bits per heavy atom. The van der Waals surface area contributed by atoms with Crippen LogP contribution in [-0.4, -0.2) is 33.9 Å². The lowest BCUT2D eigenvalue weighted by molar-refractivity contribution is -0.0913. The number of piperidine rings is 1. The van der Waals surface area contributed by atoms with Crippen molar-refractivity contribution in [3.8, 4) is 11.4 Å². The molecule has 1 aromatic heterocycles. The molecule has 2 aromatic carbocycles. The van der Waals surface area contributed by atoms with Crippen molar-refractivity contribution < 1.29 is 14.0 Å². The van der Waals surface area contributed by atoms with Gasteiger partial charge in [0.1, 0.15) is 11.6 Å². The molecule has 1 unspecified atom stereocenters. The third-order valence-electron chi connectivity index (χ3n) is 6.19. The molecule has 1 saturated heterocycles. The number of methoxy groups -OCH3 is 1. The molecule has 2 aliphatic rings. The summed E-state index contributed by atoms with van der Waals surface area (Å²) in [5.74, 6) is 1.09. The zero-order valence-electron chi connectivity index (χ0n) is 18.7. The molecule has 0 amide bonds. The van der Waals surface area contributed by atoms with Gasteiger partial charge in [-0.1, -0.05) is 22.8 Å². The highest BCUT2D eigenvalue weighted by Gasteiger charge is 2.46. The van der Waals surface area contributed by atoms with Crippen LogP contribution in [0.2, 0.25) is 5.02 Å². The summed E-state index contributed by atoms with van der Waals surface area (Å²) in [4.78, 5) is 12.3. The van der Waals surface area contributed by atoms with Gasteiger partial charge in [-0.2, -0.15) is 0 Å². The van der Waals surface area contributed by atoms with Gasteiger partial charge in [0.15, 0.2) is 5.84 Å². The van der Waals surface area contributed by atoms with E-state index in [9.17, 15) is 4.39 Å². The number of nitrogens with zero attached hydrogens (tertiary/aromatic N) is 4. The maximum atomic E-state index is 13.7. The minimum atomic E-state index is -0.840. The van der Waals surface area contributed by atoms with E-state index >= 15 is 0 Å². The Kier molecular flexibility index (Phi) is 5.37. The van der Waals surface area contributed by atoms with Crippen LogP contribution in [0.3, 0.4) is 0 Å². The molecule has 33 heavy (non-hydrogen) atoms. The molecular formula is C25H24ClFN4O2. The lowest BCUT2D eigenvalue weighted by atomic mass is 9.95. The molecule has 3 aromatic rings. The quantitative estimate of drug-likeness (QED) is 0.496. The van der Waals surface area contributed by atoms with Gasteiger partial charge in [0, 0.05) is 25.2 Å². The Hall–Kier alpha value is -3.32. The lowest BCUT2D eigenvalue weighted by Crippen LogP contribution is -2.47. The van der Waals surface area contributed by atoms with Gasteiger partial charge in [0.2, 0.25) is 5.72 Å². The van der Waals surface area contributed by atoms with Crippen molar-refractivity contribution >= 4 is 23.5 Å². The van der Waals surface area contributed by atoms with Crippen LogP contribution in [-0.2, 0) is 10.6 Å². The van der Waals surface area contributed by atoms with Crippen molar-refractivity contribution in [2.75, 3.05) is 13.7 Å². The normalized spacial score (nSPS) is 21.1. The highest BCUT2D eigenvalue weighted by molar-refractivity contribution is 6.30. The number of rotatable bonds is 4. The molecule has 0 spiro atoms. The van der Waals surface area contributed by atoms with E-state index < -0.39 is 11.5 Å². The van der Waals surface area contributed by atoms with Crippen LogP contribution in [0.1, 0.15) is 36.6 Å². The smallest absolute Gasteiger partial charge is 0.234 e. The fraction of sp³-hybridized carbons (Fsp3) is 0.280. The van der Waals surface area contributed by atoms with E-state index in [2.05, 4.69) is 27.2 Å². The molecular weight excluding hydrogens is 443 g/mol. The van der Waals surface area contributed by atoms with E-state index in [1.54, 1.807) is 25.6 Å². The minimum absolute atomic E-state index is 0.0684. The fourth-order valence-electron chi connectivity index (χ4n) is 4.40. The van der Waals surface area contributed by atoms with Gasteiger partial charge < -0.3 is 19.0 Å². The molecule has 3 heterocycles. The second-order valence-corrected chi connectivity index (χ2v) is 8.80. The summed E-state index contributed by atoms with van der Waals surface area (Å²) in [6.45, 7) is 4.67. The molecule has 170 valence electrons. The Morgan fingerprint density at radius 3 is 2.82 bits per heavy atom. The second kappa shape index (κ2) is 8.23. The van der Waals surface area contributed by atoms with Gasteiger partial charge in [-0.3, -0.25) is 0 Å². The molecule has 1 fully saturated rings. The van der Waals surface area contributed by atoms with Crippen molar-refractivity contribution in [3.05, 3.63) is 82.2 Å². The number of fused-ring (bicyclic) bond motifs is 1. The monoisotopic (exact) mass is 466 g/mol. The van der Waals surface area contributed by atoms with Gasteiger partial charge in [0.05, 0.1) is 29.8 Å². The first-order valence-corrected chi connectivity index (χ1v) is 11.2. The summed E-state index contributed by atoms with van der Waals surface area (Å²) in [7, 11) is 1.66. The summed E-state index contributed by atoms with van der Waals surface area (Å²) < 4.78 is 21.3. The molecule has 0 radical (unpaired) electrons. The molecule has 0 bridgehead atoms. The molecule has 0 aliphatic carbocycles. The summed E-state index contributed by atoms with van der Waals surface area (Å²) in [5, 5.41) is 4.49. The average molecular weight is 467 g/mol. The summed E-state index contributed by atoms with van der Waals surface area (Å²) in [6, 6.07) is 10.7. The van der Waals surface area contributed by atoms with Crippen molar-refractivity contribution in [3.63, 3.8) is 0 Å². The Morgan fingerprint density at radius 1 is 1.24 bits per heavy atom. The predicted octanol–water partition coefficient (Wildman–Crippen LogP) is 5.68. The maximum absolute atomic E-state index is 13.7. The fourth-order valence-corrected chi connectivity index (χ4v) is 4.59. The number of aromatic nitrogens is 2. The SMILES string of the molecule is COc1cc(C=C2CCCN3C2=NOC3(C)c2ccc(F)c(Cl)c2)ccc1-n1cnc(C)c1. The van der Waals surface area contributed by atoms with Gasteiger partial charge in [-0.05, 0) is 67.3 Å². The zero-order chi connectivity index (χ0) is 23.2. The first-order chi connectivity index (χ1) is 15.9. The minimum Gasteiger partial charge on any atom is -0.495 e. The molecule has 2 aliphatic heterocycles. The lowest BCUT2D eigenvalue weighted by Gasteiger charge is -2.37. The molecule has 1 atom stereocenters. The molecule has 0 N–H and O–H groups in total. The van der Waals surface area contributed by atoms with Crippen LogP contribution < -0.4 is 4.74 Å². The van der Waals surface area contributed by atoms with Gasteiger partial charge in [-0.15, -0.1) is 0 Å². The number of amidine groups is 1. The largest absolute Gasteiger partial charge is 0.495 e. The number of imidazole rings is 1. The topological polar surface area (TPSA) is 51.9 Å². The third-order valence-corrected chi connectivity index (χ3v) is 6.48. The zero-order valence-corrected chi connectivity index (χ0v) is 19.4. The summed E-state index contributed by atoms with van der Waals surface area (Å²) >= 11 is 6.04. The van der Waals surface area contributed by atoms with Crippen LogP contribution in [0.5, 0.6) is 5.75 Å². The van der Waals surface area contributed by atoms with Crippen LogP contribution >= 0.6 is 11.6 Å². The Labute approximate surface area is 196 Å². The molecule has 0 saturated carbocycles. The second-order valence-electron chi connectivity index (χ2n) is 8.40. The first kappa shape index (κ1) is 21.5. The Bertz CT molecular complexity index is 1290. The van der Waals surface area contributed by atoms with Crippen LogP contribution in [0.4, 0.5) is 4.39 Å². The van der Waals surface area contributed by atoms with E-state index in [0.717, 1.165) is 59.1 Å². The summed E-state index contributed by atoms with van der Waals surface area (Å²) in [6.07, 6.45) is 7.68.